The van der Waals surface area contributed by atoms with E-state index in [-0.39, 0.29) is 142 Å². The molecule has 4 N–H and O–H groups in total. The van der Waals surface area contributed by atoms with Gasteiger partial charge in [-0.05, 0) is 120 Å². The summed E-state index contributed by atoms with van der Waals surface area (Å²) in [6.07, 6.45) is 2.81. The van der Waals surface area contributed by atoms with Crippen LogP contribution in [0.15, 0.2) is 0 Å². The molecule has 0 aliphatic carbocycles. The molecular weight excluding hydrogens is 953 g/mol. The van der Waals surface area contributed by atoms with Crippen LogP contribution in [-0.2, 0) is 135 Å². The summed E-state index contributed by atoms with van der Waals surface area (Å²) in [4.78, 5) is 22.1. The molecule has 0 spiro atoms. The molecule has 0 amide bonds. The topological polar surface area (TPSA) is 195 Å². The molecule has 50 heavy (non-hydrogen) atoms. The van der Waals surface area contributed by atoms with Gasteiger partial charge in [0.25, 0.3) is 0 Å². The quantitative estimate of drug-likeness (QED) is 0.0896. The van der Waals surface area contributed by atoms with Gasteiger partial charge in [-0.3, -0.25) is 9.83 Å². The van der Waals surface area contributed by atoms with E-state index in [1.807, 2.05) is 61.5 Å². The first-order valence-electron chi connectivity index (χ1n) is 14.2. The fraction of sp³-hybridized carbons (Fsp3) is 0.294. The van der Waals surface area contributed by atoms with Gasteiger partial charge in [0.15, 0.2) is 0 Å². The summed E-state index contributed by atoms with van der Waals surface area (Å²) in [6, 6.07) is 6.22. The molecule has 4 radical (unpaired) electrons. The zero-order valence-electron chi connectivity index (χ0n) is 29.8. The van der Waals surface area contributed by atoms with Gasteiger partial charge in [0, 0.05) is 154 Å². The van der Waals surface area contributed by atoms with Crippen molar-refractivity contribution in [3.8, 4) is 24.1 Å². The van der Waals surface area contributed by atoms with E-state index in [9.17, 15) is 5.11 Å². The maximum Gasteiger partial charge on any atom is 0.209 e. The number of H-pyrrole nitrogens is 3. The van der Waals surface area contributed by atoms with Crippen molar-refractivity contribution in [1.29, 1.82) is 15.8 Å². The third-order valence-corrected chi connectivity index (χ3v) is 8.52. The average molecular weight is 988 g/mol. The second-order valence-corrected chi connectivity index (χ2v) is 10.9. The number of aromatic nitrogens is 6. The van der Waals surface area contributed by atoms with Crippen LogP contribution in [0.5, 0.6) is 5.88 Å². The number of nitrogens with one attached hydrogen (secondary N) is 3. The number of nitrogens with zero attached hydrogens (tertiary/aromatic N) is 6. The Hall–Kier alpha value is -1.14. The molecule has 6 rings (SSSR count). The molecule has 246 valence electrons. The zero-order valence-corrected chi connectivity index (χ0v) is 42.2. The van der Waals surface area contributed by atoms with Crippen molar-refractivity contribution in [3.05, 3.63) is 79.0 Å². The van der Waals surface area contributed by atoms with Crippen LogP contribution in [-0.4, -0.2) is 35.0 Å². The van der Waals surface area contributed by atoms with Gasteiger partial charge in [0.1, 0.15) is 37.9 Å². The summed E-state index contributed by atoms with van der Waals surface area (Å²) in [5.41, 5.74) is 16.6. The fourth-order valence-electron chi connectivity index (χ4n) is 5.06. The minimum absolute atomic E-state index is 0. The molecule has 11 nitrogen and oxygen atoms in total. The van der Waals surface area contributed by atoms with E-state index in [4.69, 9.17) is 20.4 Å². The summed E-state index contributed by atoms with van der Waals surface area (Å²) in [7, 11) is 1.72. The Kier molecular flexibility index (Phi) is 22.6. The van der Waals surface area contributed by atoms with Crippen molar-refractivity contribution in [2.45, 2.75) is 69.2 Å². The van der Waals surface area contributed by atoms with Crippen molar-refractivity contribution in [2.24, 2.45) is 0 Å². The molecule has 0 unspecified atom stereocenters. The summed E-state index contributed by atoms with van der Waals surface area (Å²) < 4.78 is 8.06. The van der Waals surface area contributed by atoms with Crippen LogP contribution in [0.25, 0.3) is 33.1 Å². The number of aryl methyl sites for hydroxylation is 7. The maximum absolute atomic E-state index is 9.52. The molecule has 0 bridgehead atoms. The Labute approximate surface area is 395 Å². The Morgan fingerprint density at radius 3 is 1.36 bits per heavy atom. The Morgan fingerprint density at radius 1 is 0.560 bits per heavy atom. The zero-order chi connectivity index (χ0) is 34.6. The summed E-state index contributed by atoms with van der Waals surface area (Å²) in [6.45, 7) is 19.8. The smallest absolute Gasteiger partial charge is 0.209 e. The van der Waals surface area contributed by atoms with Crippen molar-refractivity contribution in [1.82, 2.24) is 29.9 Å². The first kappa shape index (κ1) is 51.0. The Bertz CT molecular complexity index is 2170. The van der Waals surface area contributed by atoms with Gasteiger partial charge in [0.2, 0.25) is 5.88 Å². The van der Waals surface area contributed by atoms with Gasteiger partial charge >= 0.3 is 0 Å². The van der Waals surface area contributed by atoms with E-state index in [2.05, 4.69) is 62.1 Å². The van der Waals surface area contributed by atoms with Crippen LogP contribution >= 0.6 is 9.12 Å². The van der Waals surface area contributed by atoms with Crippen LogP contribution < -0.4 is 0 Å². The fourth-order valence-corrected chi connectivity index (χ4v) is 5.06. The molecule has 0 fully saturated rings. The predicted octanol–water partition coefficient (Wildman–Crippen LogP) is 7.36. The molecule has 0 aliphatic rings. The third-order valence-electron chi connectivity index (χ3n) is 8.52. The monoisotopic (exact) mass is 988 g/mol. The van der Waals surface area contributed by atoms with E-state index >= 15 is 0 Å². The molecular formula is C34H35N9O2PY4-. The number of fused-ring (bicyclic) bond motifs is 3. The summed E-state index contributed by atoms with van der Waals surface area (Å²) in [5.74, 6) is -0.104. The predicted molar refractivity (Wildman–Crippen MR) is 179 cm³/mol. The first-order valence-corrected chi connectivity index (χ1v) is 14.6. The van der Waals surface area contributed by atoms with Crippen molar-refractivity contribution < 1.29 is 141 Å². The second kappa shape index (κ2) is 22.2. The van der Waals surface area contributed by atoms with Gasteiger partial charge in [-0.15, -0.1) is 0 Å². The van der Waals surface area contributed by atoms with Crippen molar-refractivity contribution in [2.75, 3.05) is 0 Å². The Morgan fingerprint density at radius 2 is 0.940 bits per heavy atom. The number of hydrogen-bond donors (Lipinski definition) is 4. The standard InChI is InChI=1S/C12H13N3.C11H11N3O.C11H10N3.HOP.4Y/c1-6-7(2)11-12(14-8(6)3)10(5-13)9(4)15-11;1-5-6(2)9-10(13-7(5)3)8(4-12)11(15)14-9;1-6-7(2)10-11(14-8(6)3)9(4-12)5-13-10;1-2;;;;/h15H,1-4H3;14-15H,1-3H3;13H,1-3H3;2H;;;;/q;;-1;;;;;. The van der Waals surface area contributed by atoms with E-state index in [0.29, 0.717) is 16.6 Å². The minimum atomic E-state index is -0.104. The second-order valence-electron chi connectivity index (χ2n) is 10.9. The molecule has 6 aromatic heterocycles. The molecule has 0 atom stereocenters. The van der Waals surface area contributed by atoms with Gasteiger partial charge in [-0.1, -0.05) is 11.8 Å². The summed E-state index contributed by atoms with van der Waals surface area (Å²) >= 11 is 0. The van der Waals surface area contributed by atoms with Gasteiger partial charge in [0.05, 0.1) is 16.6 Å². The van der Waals surface area contributed by atoms with E-state index in [0.717, 1.165) is 72.6 Å². The van der Waals surface area contributed by atoms with Gasteiger partial charge < -0.3 is 25.0 Å². The number of pyridine rings is 3. The van der Waals surface area contributed by atoms with Crippen LogP contribution in [0.4, 0.5) is 0 Å². The van der Waals surface area contributed by atoms with Gasteiger partial charge in [-0.2, -0.15) is 10.5 Å². The third kappa shape index (κ3) is 10.3. The Balaban J connectivity index is 0. The number of hydrogen-bond acceptors (Lipinski definition) is 8. The minimum Gasteiger partial charge on any atom is -0.494 e. The molecule has 0 saturated heterocycles. The summed E-state index contributed by atoms with van der Waals surface area (Å²) in [5, 5.41) is 36.3. The molecule has 0 aliphatic heterocycles. The number of nitriles is 3. The van der Waals surface area contributed by atoms with Crippen LogP contribution in [0.3, 0.4) is 0 Å². The molecule has 16 heteroatoms. The first-order chi connectivity index (χ1) is 21.8. The number of aromatic amines is 3. The molecule has 0 saturated carbocycles. The maximum atomic E-state index is 9.52. The van der Waals surface area contributed by atoms with E-state index < -0.39 is 0 Å². The van der Waals surface area contributed by atoms with Gasteiger partial charge in [-0.25, -0.2) is 9.97 Å². The van der Waals surface area contributed by atoms with Crippen molar-refractivity contribution in [3.63, 3.8) is 0 Å². The number of rotatable bonds is 0. The number of aromatic hydroxyl groups is 1. The normalized spacial score (nSPS) is 9.34. The van der Waals surface area contributed by atoms with Crippen LogP contribution in [0.2, 0.25) is 0 Å². The molecule has 0 aromatic carbocycles. The van der Waals surface area contributed by atoms with Crippen molar-refractivity contribution >= 4 is 42.2 Å². The van der Waals surface area contributed by atoms with E-state index in [1.165, 1.54) is 11.1 Å². The van der Waals surface area contributed by atoms with Crippen LogP contribution in [0.1, 0.15) is 72.8 Å². The van der Waals surface area contributed by atoms with E-state index in [1.54, 1.807) is 9.12 Å². The SMILES string of the molecule is Cc1nc2c(C#N)[c-][nH]c2c(C)c1C.Cc1nc2c(C#N)c(C)[nH]c2c(C)c1C.Cc1nc2c(C#N)c(O)[nH]c2c(C)c1C.O=P.[Y].[Y].[Y].[Y]. The average Bonchev–Trinajstić information content (AvgIpc) is 3.71. The molecule has 6 aromatic rings. The molecule has 6 heterocycles. The van der Waals surface area contributed by atoms with Crippen LogP contribution in [0, 0.1) is 109 Å². The largest absolute Gasteiger partial charge is 0.494 e.